The smallest absolute Gasteiger partial charge is 0.262 e. The molecule has 1 atom stereocenters. The molecule has 0 aromatic carbocycles. The highest BCUT2D eigenvalue weighted by Crippen LogP contribution is 2.38. The second-order valence-electron chi connectivity index (χ2n) is 5.92. The van der Waals surface area contributed by atoms with Crippen LogP contribution in [0.1, 0.15) is 38.5 Å². The summed E-state index contributed by atoms with van der Waals surface area (Å²) in [6, 6.07) is 0.150. The molecule has 0 spiro atoms. The minimum absolute atomic E-state index is 0.101. The number of imidazole rings is 1. The Morgan fingerprint density at radius 2 is 1.95 bits per heavy atom. The minimum Gasteiger partial charge on any atom is -0.381 e. The number of anilines is 1. The van der Waals surface area contributed by atoms with Gasteiger partial charge < -0.3 is 10.3 Å². The zero-order chi connectivity index (χ0) is 14.3. The molecule has 6 nitrogen and oxygen atoms in total. The fourth-order valence-electron chi connectivity index (χ4n) is 3.74. The molecule has 112 valence electrons. The van der Waals surface area contributed by atoms with Crippen LogP contribution in [-0.2, 0) is 17.1 Å². The van der Waals surface area contributed by atoms with Crippen LogP contribution in [0.3, 0.4) is 0 Å². The number of rotatable bonds is 3. The van der Waals surface area contributed by atoms with E-state index in [1.165, 1.54) is 23.7 Å². The first-order valence-electron chi connectivity index (χ1n) is 7.30. The molecule has 1 saturated carbocycles. The first kappa shape index (κ1) is 13.9. The minimum atomic E-state index is -3.53. The van der Waals surface area contributed by atoms with Gasteiger partial charge in [-0.3, -0.25) is 0 Å². The predicted octanol–water partition coefficient (Wildman–Crippen LogP) is 1.35. The lowest BCUT2D eigenvalue weighted by Crippen LogP contribution is -2.40. The van der Waals surface area contributed by atoms with Gasteiger partial charge in [-0.25, -0.2) is 13.4 Å². The number of nitrogens with zero attached hydrogens (tertiary/aromatic N) is 3. The van der Waals surface area contributed by atoms with E-state index in [-0.39, 0.29) is 16.9 Å². The summed E-state index contributed by atoms with van der Waals surface area (Å²) in [6.07, 6.45) is 8.13. The molecule has 1 aromatic rings. The van der Waals surface area contributed by atoms with Gasteiger partial charge in [0.2, 0.25) is 0 Å². The van der Waals surface area contributed by atoms with E-state index in [0.717, 1.165) is 25.7 Å². The molecular formula is C13H22N4O2S. The van der Waals surface area contributed by atoms with Crippen LogP contribution in [0.4, 0.5) is 5.82 Å². The first-order chi connectivity index (χ1) is 9.51. The maximum absolute atomic E-state index is 12.9. The first-order valence-corrected chi connectivity index (χ1v) is 8.74. The summed E-state index contributed by atoms with van der Waals surface area (Å²) in [5, 5.41) is 0.141. The molecule has 1 aliphatic heterocycles. The highest BCUT2D eigenvalue weighted by Gasteiger charge is 2.42. The number of sulfonamides is 1. The van der Waals surface area contributed by atoms with Crippen LogP contribution >= 0.6 is 0 Å². The van der Waals surface area contributed by atoms with Crippen molar-refractivity contribution in [3.63, 3.8) is 0 Å². The van der Waals surface area contributed by atoms with Gasteiger partial charge in [-0.2, -0.15) is 4.31 Å². The van der Waals surface area contributed by atoms with Gasteiger partial charge in [0.25, 0.3) is 10.0 Å². The molecule has 2 aliphatic rings. The third-order valence-corrected chi connectivity index (χ3v) is 6.71. The van der Waals surface area contributed by atoms with Crippen molar-refractivity contribution in [2.45, 2.75) is 49.6 Å². The molecule has 0 bridgehead atoms. The van der Waals surface area contributed by atoms with Crippen LogP contribution in [0.5, 0.6) is 0 Å². The largest absolute Gasteiger partial charge is 0.381 e. The average Bonchev–Trinajstić information content (AvgIpc) is 3.08. The lowest BCUT2D eigenvalue weighted by molar-refractivity contribution is 0.287. The monoisotopic (exact) mass is 298 g/mol. The van der Waals surface area contributed by atoms with Crippen molar-refractivity contribution in [1.82, 2.24) is 13.9 Å². The number of aryl methyl sites for hydroxylation is 1. The summed E-state index contributed by atoms with van der Waals surface area (Å²) < 4.78 is 29.0. The predicted molar refractivity (Wildman–Crippen MR) is 76.5 cm³/mol. The molecule has 1 aliphatic carbocycles. The van der Waals surface area contributed by atoms with Crippen LogP contribution in [0.2, 0.25) is 0 Å². The van der Waals surface area contributed by atoms with Crippen molar-refractivity contribution in [3.8, 4) is 0 Å². The normalized spacial score (nSPS) is 25.6. The fourth-order valence-corrected chi connectivity index (χ4v) is 5.69. The number of nitrogen functional groups attached to an aromatic ring is 1. The van der Waals surface area contributed by atoms with Gasteiger partial charge in [0, 0.05) is 19.6 Å². The fraction of sp³-hybridized carbons (Fsp3) is 0.769. The van der Waals surface area contributed by atoms with Crippen LogP contribution in [0.15, 0.2) is 11.4 Å². The van der Waals surface area contributed by atoms with Crippen molar-refractivity contribution in [2.75, 3.05) is 12.3 Å². The molecule has 2 N–H and O–H groups in total. The van der Waals surface area contributed by atoms with Crippen LogP contribution in [0.25, 0.3) is 0 Å². The Hall–Kier alpha value is -1.08. The van der Waals surface area contributed by atoms with Gasteiger partial charge in [-0.1, -0.05) is 12.8 Å². The van der Waals surface area contributed by atoms with E-state index in [0.29, 0.717) is 12.5 Å². The van der Waals surface area contributed by atoms with Crippen molar-refractivity contribution in [2.24, 2.45) is 13.0 Å². The molecule has 0 radical (unpaired) electrons. The second-order valence-corrected chi connectivity index (χ2v) is 7.72. The van der Waals surface area contributed by atoms with Gasteiger partial charge in [0.15, 0.2) is 10.8 Å². The van der Waals surface area contributed by atoms with Gasteiger partial charge in [0.05, 0.1) is 6.33 Å². The second kappa shape index (κ2) is 5.04. The zero-order valence-corrected chi connectivity index (χ0v) is 12.6. The van der Waals surface area contributed by atoms with Gasteiger partial charge in [-0.15, -0.1) is 0 Å². The van der Waals surface area contributed by atoms with Crippen LogP contribution in [-0.4, -0.2) is 34.9 Å². The van der Waals surface area contributed by atoms with Crippen molar-refractivity contribution in [1.29, 1.82) is 0 Å². The number of hydrogen-bond donors (Lipinski definition) is 1. The Bertz CT molecular complexity index is 570. The van der Waals surface area contributed by atoms with Crippen molar-refractivity contribution in [3.05, 3.63) is 6.33 Å². The maximum Gasteiger partial charge on any atom is 0.262 e. The molecule has 1 saturated heterocycles. The van der Waals surface area contributed by atoms with Crippen LogP contribution < -0.4 is 5.73 Å². The van der Waals surface area contributed by atoms with E-state index in [1.54, 1.807) is 11.4 Å². The lowest BCUT2D eigenvalue weighted by Gasteiger charge is -2.28. The zero-order valence-electron chi connectivity index (χ0n) is 11.8. The van der Waals surface area contributed by atoms with E-state index in [1.807, 2.05) is 0 Å². The Labute approximate surface area is 120 Å². The van der Waals surface area contributed by atoms with Gasteiger partial charge >= 0.3 is 0 Å². The Kier molecular flexibility index (Phi) is 3.50. The quantitative estimate of drug-likeness (QED) is 0.913. The average molecular weight is 298 g/mol. The third-order valence-electron chi connectivity index (χ3n) is 4.65. The molecule has 1 unspecified atom stereocenters. The molecule has 0 amide bonds. The van der Waals surface area contributed by atoms with E-state index < -0.39 is 10.0 Å². The van der Waals surface area contributed by atoms with Crippen molar-refractivity contribution >= 4 is 15.8 Å². The molecular weight excluding hydrogens is 276 g/mol. The van der Waals surface area contributed by atoms with Crippen LogP contribution in [0, 0.1) is 5.92 Å². The molecule has 3 rings (SSSR count). The van der Waals surface area contributed by atoms with E-state index in [9.17, 15) is 8.42 Å². The number of aromatic nitrogens is 2. The standard InChI is InChI=1S/C13H22N4O2S/c1-16-9-15-12(14)13(16)20(18,19)17-8-4-7-11(17)10-5-2-3-6-10/h9-11H,2-8,14H2,1H3. The highest BCUT2D eigenvalue weighted by atomic mass is 32.2. The molecule has 20 heavy (non-hydrogen) atoms. The lowest BCUT2D eigenvalue weighted by atomic mass is 9.97. The maximum atomic E-state index is 12.9. The summed E-state index contributed by atoms with van der Waals surface area (Å²) in [5.41, 5.74) is 5.76. The molecule has 1 aromatic heterocycles. The summed E-state index contributed by atoms with van der Waals surface area (Å²) in [6.45, 7) is 0.605. The molecule has 2 heterocycles. The highest BCUT2D eigenvalue weighted by molar-refractivity contribution is 7.89. The summed E-state index contributed by atoms with van der Waals surface area (Å²) in [7, 11) is -1.86. The van der Waals surface area contributed by atoms with Gasteiger partial charge in [0.1, 0.15) is 0 Å². The Morgan fingerprint density at radius 1 is 1.25 bits per heavy atom. The topological polar surface area (TPSA) is 81.2 Å². The van der Waals surface area contributed by atoms with E-state index >= 15 is 0 Å². The van der Waals surface area contributed by atoms with Gasteiger partial charge in [-0.05, 0) is 31.6 Å². The summed E-state index contributed by atoms with van der Waals surface area (Å²) >= 11 is 0. The Morgan fingerprint density at radius 3 is 2.55 bits per heavy atom. The third kappa shape index (κ3) is 2.13. The van der Waals surface area contributed by atoms with E-state index in [4.69, 9.17) is 5.73 Å². The Balaban J connectivity index is 1.94. The molecule has 7 heteroatoms. The summed E-state index contributed by atoms with van der Waals surface area (Å²) in [4.78, 5) is 3.91. The molecule has 2 fully saturated rings. The number of hydrogen-bond acceptors (Lipinski definition) is 4. The van der Waals surface area contributed by atoms with E-state index in [2.05, 4.69) is 4.98 Å². The van der Waals surface area contributed by atoms with Crippen molar-refractivity contribution < 1.29 is 8.42 Å². The number of nitrogens with two attached hydrogens (primary N) is 1. The SMILES string of the molecule is Cn1cnc(N)c1S(=O)(=O)N1CCCC1C1CCCC1. The summed E-state index contributed by atoms with van der Waals surface area (Å²) in [5.74, 6) is 0.617.